The van der Waals surface area contributed by atoms with E-state index in [2.05, 4.69) is 11.4 Å². The van der Waals surface area contributed by atoms with Crippen LogP contribution in [0.15, 0.2) is 48.5 Å². The Morgan fingerprint density at radius 2 is 1.86 bits per heavy atom. The van der Waals surface area contributed by atoms with Crippen LogP contribution in [0.3, 0.4) is 0 Å². The lowest BCUT2D eigenvalue weighted by Crippen LogP contribution is -2.30. The van der Waals surface area contributed by atoms with E-state index in [1.165, 1.54) is 0 Å². The number of nitriles is 1. The van der Waals surface area contributed by atoms with E-state index in [-0.39, 0.29) is 5.91 Å². The van der Waals surface area contributed by atoms with Gasteiger partial charge in [-0.2, -0.15) is 5.26 Å². The second-order valence-electron chi connectivity index (χ2n) is 4.85. The van der Waals surface area contributed by atoms with Gasteiger partial charge < -0.3 is 15.8 Å². The van der Waals surface area contributed by atoms with Crippen LogP contribution in [0.25, 0.3) is 0 Å². The number of nitrogen functional groups attached to an aromatic ring is 1. The van der Waals surface area contributed by atoms with Crippen LogP contribution >= 0.6 is 0 Å². The van der Waals surface area contributed by atoms with Crippen LogP contribution in [0.2, 0.25) is 0 Å². The molecule has 0 heterocycles. The molecular formula is C17H17N3O2. The lowest BCUT2D eigenvalue weighted by atomic mass is 10.2. The molecule has 0 fully saturated rings. The lowest BCUT2D eigenvalue weighted by molar-refractivity contribution is -0.122. The zero-order valence-electron chi connectivity index (χ0n) is 12.2. The largest absolute Gasteiger partial charge is 0.481 e. The Kier molecular flexibility index (Phi) is 4.99. The van der Waals surface area contributed by atoms with Gasteiger partial charge in [0.05, 0.1) is 12.5 Å². The van der Waals surface area contributed by atoms with Crippen LogP contribution in [-0.4, -0.2) is 12.0 Å². The lowest BCUT2D eigenvalue weighted by Gasteiger charge is -2.15. The molecule has 1 unspecified atom stereocenters. The molecule has 5 heteroatoms. The number of carbonyl (C=O) groups excluding carboxylic acids is 1. The van der Waals surface area contributed by atoms with Gasteiger partial charge in [0.2, 0.25) is 0 Å². The number of amides is 1. The number of ether oxygens (including phenoxy) is 1. The molecule has 1 atom stereocenters. The molecule has 0 saturated carbocycles. The van der Waals surface area contributed by atoms with Crippen molar-refractivity contribution in [3.8, 4) is 11.8 Å². The van der Waals surface area contributed by atoms with Crippen molar-refractivity contribution in [2.45, 2.75) is 19.4 Å². The molecule has 0 saturated heterocycles. The third-order valence-corrected chi connectivity index (χ3v) is 3.07. The molecular weight excluding hydrogens is 278 g/mol. The quantitative estimate of drug-likeness (QED) is 0.830. The molecule has 1 amide bonds. The fourth-order valence-electron chi connectivity index (χ4n) is 1.85. The number of anilines is 2. The van der Waals surface area contributed by atoms with Crippen molar-refractivity contribution in [3.63, 3.8) is 0 Å². The maximum atomic E-state index is 12.1. The smallest absolute Gasteiger partial charge is 0.265 e. The van der Waals surface area contributed by atoms with E-state index in [4.69, 9.17) is 15.7 Å². The van der Waals surface area contributed by atoms with Crippen LogP contribution in [0.1, 0.15) is 12.5 Å². The minimum absolute atomic E-state index is 0.245. The van der Waals surface area contributed by atoms with Gasteiger partial charge in [0.15, 0.2) is 6.10 Å². The summed E-state index contributed by atoms with van der Waals surface area (Å²) in [6, 6.07) is 16.1. The van der Waals surface area contributed by atoms with E-state index in [1.807, 2.05) is 12.1 Å². The van der Waals surface area contributed by atoms with Crippen molar-refractivity contribution in [3.05, 3.63) is 54.1 Å². The van der Waals surface area contributed by atoms with Crippen molar-refractivity contribution in [2.75, 3.05) is 11.1 Å². The van der Waals surface area contributed by atoms with E-state index in [0.29, 0.717) is 23.5 Å². The number of nitrogens with zero attached hydrogens (tertiary/aromatic N) is 1. The molecule has 3 N–H and O–H groups in total. The third kappa shape index (κ3) is 4.25. The summed E-state index contributed by atoms with van der Waals surface area (Å²) in [5.74, 6) is 0.340. The minimum atomic E-state index is -0.639. The highest BCUT2D eigenvalue weighted by molar-refractivity contribution is 5.94. The molecule has 0 spiro atoms. The monoisotopic (exact) mass is 295 g/mol. The predicted molar refractivity (Wildman–Crippen MR) is 85.3 cm³/mol. The zero-order chi connectivity index (χ0) is 15.9. The van der Waals surface area contributed by atoms with Crippen LogP contribution < -0.4 is 15.8 Å². The fourth-order valence-corrected chi connectivity index (χ4v) is 1.85. The van der Waals surface area contributed by atoms with Gasteiger partial charge in [-0.15, -0.1) is 0 Å². The summed E-state index contributed by atoms with van der Waals surface area (Å²) in [4.78, 5) is 12.1. The standard InChI is InChI=1S/C17H17N3O2/c1-12(17(21)20-15-6-4-14(19)5-7-15)22-16-8-2-13(3-9-16)10-11-18/h2-9,12H,10,19H2,1H3,(H,20,21). The number of nitrogens with one attached hydrogen (secondary N) is 1. The van der Waals surface area contributed by atoms with E-state index >= 15 is 0 Å². The van der Waals surface area contributed by atoms with Crippen molar-refractivity contribution < 1.29 is 9.53 Å². The molecule has 0 aliphatic rings. The molecule has 2 rings (SSSR count). The highest BCUT2D eigenvalue weighted by Gasteiger charge is 2.14. The molecule has 2 aromatic carbocycles. The summed E-state index contributed by atoms with van der Waals surface area (Å²) in [6.45, 7) is 1.68. The molecule has 0 aliphatic heterocycles. The number of rotatable bonds is 5. The second-order valence-corrected chi connectivity index (χ2v) is 4.85. The number of carbonyl (C=O) groups is 1. The van der Waals surface area contributed by atoms with Crippen LogP contribution in [-0.2, 0) is 11.2 Å². The van der Waals surface area contributed by atoms with Gasteiger partial charge in [-0.05, 0) is 48.9 Å². The maximum absolute atomic E-state index is 12.1. The average molecular weight is 295 g/mol. The molecule has 0 aliphatic carbocycles. The SMILES string of the molecule is CC(Oc1ccc(CC#N)cc1)C(=O)Nc1ccc(N)cc1. The summed E-state index contributed by atoms with van der Waals surface area (Å²) < 4.78 is 5.59. The second kappa shape index (κ2) is 7.14. The first-order valence-corrected chi connectivity index (χ1v) is 6.87. The molecule has 2 aromatic rings. The summed E-state index contributed by atoms with van der Waals surface area (Å²) in [5.41, 5.74) is 7.81. The van der Waals surface area contributed by atoms with Gasteiger partial charge in [-0.25, -0.2) is 0 Å². The summed E-state index contributed by atoms with van der Waals surface area (Å²) in [6.07, 6.45) is -0.285. The first-order chi connectivity index (χ1) is 10.6. The molecule has 0 bridgehead atoms. The Hall–Kier alpha value is -3.00. The van der Waals surface area contributed by atoms with Gasteiger partial charge >= 0.3 is 0 Å². The summed E-state index contributed by atoms with van der Waals surface area (Å²) in [5, 5.41) is 11.4. The van der Waals surface area contributed by atoms with Crippen LogP contribution in [0.4, 0.5) is 11.4 Å². The molecule has 22 heavy (non-hydrogen) atoms. The highest BCUT2D eigenvalue weighted by atomic mass is 16.5. The third-order valence-electron chi connectivity index (χ3n) is 3.07. The van der Waals surface area contributed by atoms with E-state index in [0.717, 1.165) is 5.56 Å². The fraction of sp³-hybridized carbons (Fsp3) is 0.176. The molecule has 0 radical (unpaired) electrons. The number of hydrogen-bond donors (Lipinski definition) is 2. The number of nitrogens with two attached hydrogens (primary N) is 1. The topological polar surface area (TPSA) is 88.1 Å². The normalized spacial score (nSPS) is 11.3. The van der Waals surface area contributed by atoms with Crippen LogP contribution in [0, 0.1) is 11.3 Å². The van der Waals surface area contributed by atoms with Crippen LogP contribution in [0.5, 0.6) is 5.75 Å². The first kappa shape index (κ1) is 15.4. The Balaban J connectivity index is 1.93. The van der Waals surface area contributed by atoms with Gasteiger partial charge in [0, 0.05) is 11.4 Å². The molecule has 0 aromatic heterocycles. The Morgan fingerprint density at radius 3 is 2.45 bits per heavy atom. The van der Waals surface area contributed by atoms with Crippen molar-refractivity contribution >= 4 is 17.3 Å². The average Bonchev–Trinajstić information content (AvgIpc) is 2.51. The minimum Gasteiger partial charge on any atom is -0.481 e. The molecule has 112 valence electrons. The van der Waals surface area contributed by atoms with Gasteiger partial charge in [-0.1, -0.05) is 12.1 Å². The first-order valence-electron chi connectivity index (χ1n) is 6.87. The Morgan fingerprint density at radius 1 is 1.23 bits per heavy atom. The molecule has 5 nitrogen and oxygen atoms in total. The van der Waals surface area contributed by atoms with Crippen molar-refractivity contribution in [1.29, 1.82) is 5.26 Å². The maximum Gasteiger partial charge on any atom is 0.265 e. The van der Waals surface area contributed by atoms with Gasteiger partial charge in [-0.3, -0.25) is 4.79 Å². The highest BCUT2D eigenvalue weighted by Crippen LogP contribution is 2.16. The number of hydrogen-bond acceptors (Lipinski definition) is 4. The zero-order valence-corrected chi connectivity index (χ0v) is 12.2. The summed E-state index contributed by atoms with van der Waals surface area (Å²) >= 11 is 0. The number of benzene rings is 2. The van der Waals surface area contributed by atoms with E-state index in [1.54, 1.807) is 43.3 Å². The van der Waals surface area contributed by atoms with Gasteiger partial charge in [0.1, 0.15) is 5.75 Å². The van der Waals surface area contributed by atoms with E-state index < -0.39 is 6.10 Å². The van der Waals surface area contributed by atoms with Crippen molar-refractivity contribution in [1.82, 2.24) is 0 Å². The Labute approximate surface area is 129 Å². The Bertz CT molecular complexity index is 673. The predicted octanol–water partition coefficient (Wildman–Crippen LogP) is 2.74. The van der Waals surface area contributed by atoms with Gasteiger partial charge in [0.25, 0.3) is 5.91 Å². The summed E-state index contributed by atoms with van der Waals surface area (Å²) in [7, 11) is 0. The van der Waals surface area contributed by atoms with Crippen molar-refractivity contribution in [2.24, 2.45) is 0 Å². The van der Waals surface area contributed by atoms with E-state index in [9.17, 15) is 4.79 Å².